The molecule has 3 rings (SSSR count). The average molecular weight is 378 g/mol. The number of aliphatic imine (C=N–C) groups is 1. The molecule has 0 fully saturated rings. The molecule has 27 heavy (non-hydrogen) atoms. The molecule has 1 atom stereocenters. The number of rotatable bonds is 4. The zero-order chi connectivity index (χ0) is 19.4. The molecule has 2 heterocycles. The third kappa shape index (κ3) is 3.59. The molecule has 2 aromatic rings. The van der Waals surface area contributed by atoms with Gasteiger partial charge in [0.2, 0.25) is 5.96 Å². The highest BCUT2D eigenvalue weighted by atomic mass is 32.2. The number of benzene rings is 1. The van der Waals surface area contributed by atoms with Crippen LogP contribution < -0.4 is 22.1 Å². The van der Waals surface area contributed by atoms with Crippen LogP contribution in [-0.4, -0.2) is 16.7 Å². The summed E-state index contributed by atoms with van der Waals surface area (Å²) in [6.07, 6.45) is 2.93. The summed E-state index contributed by atoms with van der Waals surface area (Å²) in [4.78, 5) is 9.94. The minimum absolute atomic E-state index is 0.0320. The number of hydrogen-bond acceptors (Lipinski definition) is 9. The Balaban J connectivity index is 2.09. The molecule has 0 bridgehead atoms. The first-order chi connectivity index (χ1) is 13.1. The van der Waals surface area contributed by atoms with Gasteiger partial charge in [-0.25, -0.2) is 9.98 Å². The Hall–Kier alpha value is -3.43. The van der Waals surface area contributed by atoms with Crippen LogP contribution in [0.15, 0.2) is 34.2 Å². The van der Waals surface area contributed by atoms with Gasteiger partial charge in [-0.15, -0.1) is 11.8 Å². The first-order valence-corrected chi connectivity index (χ1v) is 9.29. The van der Waals surface area contributed by atoms with Gasteiger partial charge in [-0.05, 0) is 29.9 Å². The van der Waals surface area contributed by atoms with Crippen LogP contribution in [0.3, 0.4) is 0 Å². The van der Waals surface area contributed by atoms with Crippen LogP contribution in [0.4, 0.5) is 17.3 Å². The lowest BCUT2D eigenvalue weighted by atomic mass is 9.95. The van der Waals surface area contributed by atoms with Gasteiger partial charge in [0.1, 0.15) is 29.3 Å². The number of aromatic nitrogens is 1. The molecular formula is C18H18N8S. The highest BCUT2D eigenvalue weighted by molar-refractivity contribution is 7.99. The molecule has 8 nitrogen and oxygen atoms in total. The maximum absolute atomic E-state index is 9.35. The van der Waals surface area contributed by atoms with Gasteiger partial charge in [0.15, 0.2) is 6.19 Å². The predicted octanol–water partition coefficient (Wildman–Crippen LogP) is 2.56. The second-order valence-corrected chi connectivity index (χ2v) is 6.99. The van der Waals surface area contributed by atoms with E-state index in [0.29, 0.717) is 11.4 Å². The molecule has 136 valence electrons. The maximum Gasteiger partial charge on any atom is 0.211 e. The molecule has 0 spiro atoms. The topological polar surface area (TPSA) is 149 Å². The SMILES string of the molecule is CCCSc1ccc(C2N=C(NC#N)Nc3nc(N)c(C#N)c(N)c32)cc1. The predicted molar refractivity (Wildman–Crippen MR) is 107 cm³/mol. The molecule has 1 aromatic carbocycles. The molecule has 0 aliphatic carbocycles. The minimum Gasteiger partial charge on any atom is -0.397 e. The van der Waals surface area contributed by atoms with Crippen molar-refractivity contribution in [1.82, 2.24) is 10.3 Å². The van der Waals surface area contributed by atoms with E-state index in [0.717, 1.165) is 22.6 Å². The highest BCUT2D eigenvalue weighted by Crippen LogP contribution is 2.40. The minimum atomic E-state index is -0.512. The number of nitrogens with two attached hydrogens (primary N) is 2. The number of fused-ring (bicyclic) bond motifs is 1. The van der Waals surface area contributed by atoms with Crippen LogP contribution in [0, 0.1) is 22.8 Å². The van der Waals surface area contributed by atoms with Crippen molar-refractivity contribution in [3.05, 3.63) is 41.0 Å². The van der Waals surface area contributed by atoms with Crippen molar-refractivity contribution in [3.63, 3.8) is 0 Å². The normalized spacial score (nSPS) is 14.9. The van der Waals surface area contributed by atoms with Gasteiger partial charge in [0.05, 0.1) is 5.69 Å². The Morgan fingerprint density at radius 1 is 1.26 bits per heavy atom. The Morgan fingerprint density at radius 3 is 2.63 bits per heavy atom. The Bertz CT molecular complexity index is 969. The molecule has 0 saturated heterocycles. The van der Waals surface area contributed by atoms with Gasteiger partial charge >= 0.3 is 0 Å². The van der Waals surface area contributed by atoms with E-state index in [4.69, 9.17) is 16.7 Å². The first kappa shape index (κ1) is 18.4. The van der Waals surface area contributed by atoms with Crippen molar-refractivity contribution in [1.29, 1.82) is 10.5 Å². The van der Waals surface area contributed by atoms with Gasteiger partial charge in [-0.1, -0.05) is 19.1 Å². The lowest BCUT2D eigenvalue weighted by Gasteiger charge is -2.26. The summed E-state index contributed by atoms with van der Waals surface area (Å²) in [5, 5.41) is 23.7. The number of guanidine groups is 1. The summed E-state index contributed by atoms with van der Waals surface area (Å²) in [5.41, 5.74) is 13.9. The van der Waals surface area contributed by atoms with E-state index in [1.807, 2.05) is 36.5 Å². The zero-order valence-electron chi connectivity index (χ0n) is 14.7. The number of pyridine rings is 1. The van der Waals surface area contributed by atoms with E-state index >= 15 is 0 Å². The Labute approximate surface area is 161 Å². The van der Waals surface area contributed by atoms with Crippen LogP contribution in [0.25, 0.3) is 0 Å². The number of nitrogen functional groups attached to an aromatic ring is 2. The summed E-state index contributed by atoms with van der Waals surface area (Å²) < 4.78 is 0. The van der Waals surface area contributed by atoms with Gasteiger partial charge < -0.3 is 16.8 Å². The summed E-state index contributed by atoms with van der Waals surface area (Å²) in [5.74, 6) is 1.71. The third-order valence-electron chi connectivity index (χ3n) is 4.03. The number of thioether (sulfide) groups is 1. The van der Waals surface area contributed by atoms with Crippen molar-refractivity contribution in [2.75, 3.05) is 22.5 Å². The lowest BCUT2D eigenvalue weighted by molar-refractivity contribution is 0.845. The molecule has 1 aliphatic heterocycles. The van der Waals surface area contributed by atoms with E-state index in [9.17, 15) is 5.26 Å². The number of hydrogen-bond donors (Lipinski definition) is 4. The van der Waals surface area contributed by atoms with Crippen molar-refractivity contribution in [2.45, 2.75) is 24.3 Å². The van der Waals surface area contributed by atoms with Gasteiger partial charge in [-0.3, -0.25) is 5.32 Å². The number of nitrogens with one attached hydrogen (secondary N) is 2. The number of nitriles is 2. The fourth-order valence-corrected chi connectivity index (χ4v) is 3.56. The number of nitrogens with zero attached hydrogens (tertiary/aromatic N) is 4. The van der Waals surface area contributed by atoms with Gasteiger partial charge in [-0.2, -0.15) is 10.5 Å². The second-order valence-electron chi connectivity index (χ2n) is 5.82. The third-order valence-corrected chi connectivity index (χ3v) is 5.24. The standard InChI is InChI=1S/C18H18N8S/c1-2-7-27-11-5-3-10(4-6-11)15-13-14(21)12(8-19)16(22)25-17(13)26-18(24-15)23-9-20/h3-6,15H,2,7H2,1H3,(H6,21,22,23,24,25,26). The van der Waals surface area contributed by atoms with Crippen molar-refractivity contribution in [3.8, 4) is 12.3 Å². The highest BCUT2D eigenvalue weighted by Gasteiger charge is 2.29. The fourth-order valence-electron chi connectivity index (χ4n) is 2.79. The van der Waals surface area contributed by atoms with Crippen LogP contribution in [0.1, 0.15) is 36.1 Å². The van der Waals surface area contributed by atoms with Gasteiger partial charge in [0, 0.05) is 10.5 Å². The van der Waals surface area contributed by atoms with E-state index in [1.54, 1.807) is 11.8 Å². The molecule has 1 aliphatic rings. The van der Waals surface area contributed by atoms with E-state index < -0.39 is 6.04 Å². The smallest absolute Gasteiger partial charge is 0.211 e. The maximum atomic E-state index is 9.35. The van der Waals surface area contributed by atoms with Crippen molar-refractivity contribution < 1.29 is 0 Å². The van der Waals surface area contributed by atoms with Gasteiger partial charge in [0.25, 0.3) is 0 Å². The Kier molecular flexibility index (Phi) is 5.34. The van der Waals surface area contributed by atoms with E-state index in [2.05, 4.69) is 27.5 Å². The summed E-state index contributed by atoms with van der Waals surface area (Å²) in [6, 6.07) is 9.46. The van der Waals surface area contributed by atoms with Crippen LogP contribution in [-0.2, 0) is 0 Å². The molecule has 1 aromatic heterocycles. The zero-order valence-corrected chi connectivity index (χ0v) is 15.5. The molecule has 0 radical (unpaired) electrons. The molecular weight excluding hydrogens is 360 g/mol. The second kappa shape index (κ2) is 7.85. The van der Waals surface area contributed by atoms with Crippen LogP contribution in [0.2, 0.25) is 0 Å². The van der Waals surface area contributed by atoms with Crippen LogP contribution >= 0.6 is 11.8 Å². The average Bonchev–Trinajstić information content (AvgIpc) is 2.66. The quantitative estimate of drug-likeness (QED) is 0.360. The Morgan fingerprint density at radius 2 is 2.00 bits per heavy atom. The monoisotopic (exact) mass is 378 g/mol. The molecule has 9 heteroatoms. The summed E-state index contributed by atoms with van der Waals surface area (Å²) >= 11 is 1.78. The van der Waals surface area contributed by atoms with Crippen molar-refractivity contribution >= 4 is 35.0 Å². The lowest BCUT2D eigenvalue weighted by Crippen LogP contribution is -2.32. The van der Waals surface area contributed by atoms with Crippen molar-refractivity contribution in [2.24, 2.45) is 4.99 Å². The summed E-state index contributed by atoms with van der Waals surface area (Å²) in [6.45, 7) is 2.14. The molecule has 0 saturated carbocycles. The fraction of sp³-hybridized carbons (Fsp3) is 0.222. The molecule has 6 N–H and O–H groups in total. The number of anilines is 3. The largest absolute Gasteiger partial charge is 0.397 e. The van der Waals surface area contributed by atoms with E-state index in [-0.39, 0.29) is 23.0 Å². The van der Waals surface area contributed by atoms with Crippen LogP contribution in [0.5, 0.6) is 0 Å². The summed E-state index contributed by atoms with van der Waals surface area (Å²) in [7, 11) is 0. The molecule has 1 unspecified atom stereocenters. The first-order valence-electron chi connectivity index (χ1n) is 8.30. The van der Waals surface area contributed by atoms with E-state index in [1.165, 1.54) is 0 Å². The molecule has 0 amide bonds.